The number of aliphatic hydroxyl groups is 1. The Balaban J connectivity index is 2.33. The van der Waals surface area contributed by atoms with Crippen molar-refractivity contribution in [1.82, 2.24) is 4.98 Å². The summed E-state index contributed by atoms with van der Waals surface area (Å²) in [5, 5.41) is 14.4. The van der Waals surface area contributed by atoms with Gasteiger partial charge in [0.15, 0.2) is 0 Å². The Bertz CT molecular complexity index is 518. The van der Waals surface area contributed by atoms with Crippen molar-refractivity contribution in [3.63, 3.8) is 0 Å². The molecule has 3 N–H and O–H groups in total. The zero-order valence-electron chi connectivity index (χ0n) is 9.99. The summed E-state index contributed by atoms with van der Waals surface area (Å²) in [4.78, 5) is 6.05. The maximum atomic E-state index is 11.5. The fraction of sp³-hybridized carbons (Fsp3) is 0.545. The molecule has 1 aliphatic heterocycles. The molecule has 7 heteroatoms. The molecule has 100 valence electrons. The van der Waals surface area contributed by atoms with Gasteiger partial charge >= 0.3 is 0 Å². The second-order valence-electron chi connectivity index (χ2n) is 4.51. The minimum absolute atomic E-state index is 0.0450. The highest BCUT2D eigenvalue weighted by Gasteiger charge is 2.25. The molecule has 6 nitrogen and oxygen atoms in total. The van der Waals surface area contributed by atoms with Crippen molar-refractivity contribution in [1.29, 1.82) is 0 Å². The van der Waals surface area contributed by atoms with Gasteiger partial charge < -0.3 is 10.0 Å². The number of aliphatic hydroxyl groups excluding tert-OH is 1. The average molecular weight is 271 g/mol. The molecule has 0 radical (unpaired) electrons. The van der Waals surface area contributed by atoms with E-state index < -0.39 is 10.0 Å². The van der Waals surface area contributed by atoms with E-state index in [0.717, 1.165) is 19.4 Å². The molecule has 1 fully saturated rings. The van der Waals surface area contributed by atoms with Crippen LogP contribution in [0, 0.1) is 5.92 Å². The molecule has 2 heterocycles. The van der Waals surface area contributed by atoms with Crippen LogP contribution < -0.4 is 10.0 Å². The van der Waals surface area contributed by atoms with Gasteiger partial charge in [-0.15, -0.1) is 0 Å². The van der Waals surface area contributed by atoms with Gasteiger partial charge in [-0.3, -0.25) is 0 Å². The fourth-order valence-electron chi connectivity index (χ4n) is 2.25. The molecular weight excluding hydrogens is 254 g/mol. The van der Waals surface area contributed by atoms with E-state index in [4.69, 9.17) is 5.14 Å². The normalized spacial score (nSPS) is 21.0. The van der Waals surface area contributed by atoms with Crippen LogP contribution in [0.25, 0.3) is 0 Å². The lowest BCUT2D eigenvalue weighted by atomic mass is 9.99. The SMILES string of the molecule is NS(=O)(=O)c1cccnc1N1CCC[C@@H](CO)C1. The minimum atomic E-state index is -3.77. The molecule has 0 saturated carbocycles. The van der Waals surface area contributed by atoms with Gasteiger partial charge in [0.2, 0.25) is 10.0 Å². The lowest BCUT2D eigenvalue weighted by molar-refractivity contribution is 0.208. The van der Waals surface area contributed by atoms with Gasteiger partial charge in [0.25, 0.3) is 0 Å². The Kier molecular flexibility index (Phi) is 3.84. The number of anilines is 1. The largest absolute Gasteiger partial charge is 0.396 e. The molecule has 1 atom stereocenters. The molecule has 0 spiro atoms. The number of piperidine rings is 1. The minimum Gasteiger partial charge on any atom is -0.396 e. The van der Waals surface area contributed by atoms with Crippen molar-refractivity contribution >= 4 is 15.8 Å². The molecule has 18 heavy (non-hydrogen) atoms. The smallest absolute Gasteiger partial charge is 0.241 e. The van der Waals surface area contributed by atoms with Crippen molar-refractivity contribution < 1.29 is 13.5 Å². The summed E-state index contributed by atoms with van der Waals surface area (Å²) < 4.78 is 23.0. The van der Waals surface area contributed by atoms with Crippen molar-refractivity contribution in [3.05, 3.63) is 18.3 Å². The second-order valence-corrected chi connectivity index (χ2v) is 6.04. The van der Waals surface area contributed by atoms with Crippen LogP contribution >= 0.6 is 0 Å². The topological polar surface area (TPSA) is 96.5 Å². The van der Waals surface area contributed by atoms with Crippen LogP contribution in [-0.2, 0) is 10.0 Å². The summed E-state index contributed by atoms with van der Waals surface area (Å²) in [7, 11) is -3.77. The Morgan fingerprint density at radius 3 is 3.00 bits per heavy atom. The van der Waals surface area contributed by atoms with Gasteiger partial charge in [0.1, 0.15) is 10.7 Å². The highest BCUT2D eigenvalue weighted by atomic mass is 32.2. The number of sulfonamides is 1. The third-order valence-electron chi connectivity index (χ3n) is 3.13. The van der Waals surface area contributed by atoms with E-state index in [1.54, 1.807) is 12.3 Å². The molecule has 1 aromatic heterocycles. The molecule has 1 aromatic rings. The van der Waals surface area contributed by atoms with E-state index in [0.29, 0.717) is 12.4 Å². The maximum absolute atomic E-state index is 11.5. The van der Waals surface area contributed by atoms with Gasteiger partial charge in [-0.1, -0.05) is 0 Å². The molecule has 0 aliphatic carbocycles. The van der Waals surface area contributed by atoms with Crippen LogP contribution in [0.2, 0.25) is 0 Å². The number of hydrogen-bond donors (Lipinski definition) is 2. The van der Waals surface area contributed by atoms with Gasteiger partial charge in [-0.25, -0.2) is 18.5 Å². The third-order valence-corrected chi connectivity index (χ3v) is 4.07. The van der Waals surface area contributed by atoms with Gasteiger partial charge in [-0.2, -0.15) is 0 Å². The Morgan fingerprint density at radius 1 is 1.56 bits per heavy atom. The Morgan fingerprint density at radius 2 is 2.33 bits per heavy atom. The van der Waals surface area contributed by atoms with E-state index in [1.807, 2.05) is 4.90 Å². The lowest BCUT2D eigenvalue weighted by Gasteiger charge is -2.33. The number of pyridine rings is 1. The summed E-state index contributed by atoms with van der Waals surface area (Å²) in [6, 6.07) is 3.01. The van der Waals surface area contributed by atoms with Crippen molar-refractivity contribution in [2.45, 2.75) is 17.7 Å². The van der Waals surface area contributed by atoms with Crippen molar-refractivity contribution in [3.8, 4) is 0 Å². The number of nitrogens with zero attached hydrogens (tertiary/aromatic N) is 2. The van der Waals surface area contributed by atoms with Gasteiger partial charge in [0.05, 0.1) is 0 Å². The quantitative estimate of drug-likeness (QED) is 0.802. The molecule has 0 bridgehead atoms. The summed E-state index contributed by atoms with van der Waals surface area (Å²) in [6.07, 6.45) is 3.41. The van der Waals surface area contributed by atoms with E-state index in [9.17, 15) is 13.5 Å². The monoisotopic (exact) mass is 271 g/mol. The van der Waals surface area contributed by atoms with Crippen LogP contribution in [0.4, 0.5) is 5.82 Å². The summed E-state index contributed by atoms with van der Waals surface area (Å²) >= 11 is 0. The van der Waals surface area contributed by atoms with Gasteiger partial charge in [-0.05, 0) is 30.9 Å². The van der Waals surface area contributed by atoms with Crippen molar-refractivity contribution in [2.24, 2.45) is 11.1 Å². The first-order chi connectivity index (χ1) is 8.52. The maximum Gasteiger partial charge on any atom is 0.241 e. The number of rotatable bonds is 3. The number of nitrogens with two attached hydrogens (primary N) is 1. The second kappa shape index (κ2) is 5.21. The molecule has 1 aliphatic rings. The van der Waals surface area contributed by atoms with Crippen LogP contribution in [-0.4, -0.2) is 38.2 Å². The highest BCUT2D eigenvalue weighted by Crippen LogP contribution is 2.26. The average Bonchev–Trinajstić information content (AvgIpc) is 2.38. The fourth-order valence-corrected chi connectivity index (χ4v) is 2.95. The summed E-state index contributed by atoms with van der Waals surface area (Å²) in [5.41, 5.74) is 0. The van der Waals surface area contributed by atoms with E-state index >= 15 is 0 Å². The first-order valence-corrected chi connectivity index (χ1v) is 7.40. The zero-order valence-corrected chi connectivity index (χ0v) is 10.8. The molecule has 1 saturated heterocycles. The van der Waals surface area contributed by atoms with Crippen LogP contribution in [0.15, 0.2) is 23.2 Å². The Hall–Kier alpha value is -1.18. The van der Waals surface area contributed by atoms with Gasteiger partial charge in [0, 0.05) is 25.9 Å². The zero-order chi connectivity index (χ0) is 13.2. The van der Waals surface area contributed by atoms with Crippen molar-refractivity contribution in [2.75, 3.05) is 24.6 Å². The number of aromatic nitrogens is 1. The third kappa shape index (κ3) is 2.80. The van der Waals surface area contributed by atoms with Crippen LogP contribution in [0.5, 0.6) is 0 Å². The first-order valence-electron chi connectivity index (χ1n) is 5.86. The van der Waals surface area contributed by atoms with Crippen LogP contribution in [0.1, 0.15) is 12.8 Å². The highest BCUT2D eigenvalue weighted by molar-refractivity contribution is 7.89. The number of primary sulfonamides is 1. The standard InChI is InChI=1S/C11H17N3O3S/c12-18(16,17)10-4-1-5-13-11(10)14-6-2-3-9(7-14)8-15/h1,4-5,9,15H,2-3,6-8H2,(H2,12,16,17)/t9-/m1/s1. The van der Waals surface area contributed by atoms with E-state index in [2.05, 4.69) is 4.98 Å². The molecule has 2 rings (SSSR count). The lowest BCUT2D eigenvalue weighted by Crippen LogP contribution is -2.38. The molecular formula is C11H17N3O3S. The van der Waals surface area contributed by atoms with E-state index in [-0.39, 0.29) is 17.4 Å². The summed E-state index contributed by atoms with van der Waals surface area (Å²) in [5.74, 6) is 0.548. The predicted molar refractivity (Wildman–Crippen MR) is 67.6 cm³/mol. The Labute approximate surface area is 106 Å². The van der Waals surface area contributed by atoms with Crippen LogP contribution in [0.3, 0.4) is 0 Å². The molecule has 0 aromatic carbocycles. The number of hydrogen-bond acceptors (Lipinski definition) is 5. The molecule has 0 unspecified atom stereocenters. The summed E-state index contributed by atoms with van der Waals surface area (Å²) in [6.45, 7) is 1.44. The predicted octanol–water partition coefficient (Wildman–Crippen LogP) is -0.0623. The van der Waals surface area contributed by atoms with E-state index in [1.165, 1.54) is 6.07 Å². The molecule has 0 amide bonds. The first kappa shape index (κ1) is 13.3.